The second kappa shape index (κ2) is 5.52. The molecule has 0 spiro atoms. The molecule has 3 atom stereocenters. The van der Waals surface area contributed by atoms with Crippen LogP contribution in [0.25, 0.3) is 0 Å². The molecular formula is C9H20N2O2S2. The molecule has 0 aromatic carbocycles. The Hall–Kier alpha value is 0.220. The molecule has 3 unspecified atom stereocenters. The molecule has 1 fully saturated rings. The van der Waals surface area contributed by atoms with Gasteiger partial charge in [0.25, 0.3) is 0 Å². The fourth-order valence-corrected chi connectivity index (χ4v) is 3.70. The Balaban J connectivity index is 2.49. The Morgan fingerprint density at radius 3 is 2.67 bits per heavy atom. The first-order chi connectivity index (χ1) is 6.99. The third-order valence-electron chi connectivity index (χ3n) is 2.91. The first-order valence-corrected chi connectivity index (χ1v) is 8.07. The molecule has 0 heterocycles. The summed E-state index contributed by atoms with van der Waals surface area (Å²) >= 11 is 1.82. The quantitative estimate of drug-likeness (QED) is 0.749. The molecule has 4 nitrogen and oxygen atoms in total. The smallest absolute Gasteiger partial charge is 0.215 e. The molecule has 1 aliphatic rings. The van der Waals surface area contributed by atoms with E-state index in [1.807, 2.05) is 11.8 Å². The summed E-state index contributed by atoms with van der Waals surface area (Å²) in [5.41, 5.74) is 5.36. The molecule has 1 saturated carbocycles. The molecular weight excluding hydrogens is 232 g/mol. The topological polar surface area (TPSA) is 72.2 Å². The SMILES string of the molecule is CSC1CCC(NS(=O)(=O)C(C)CN)C1. The minimum Gasteiger partial charge on any atom is -0.329 e. The van der Waals surface area contributed by atoms with Crippen LogP contribution in [-0.2, 0) is 10.0 Å². The van der Waals surface area contributed by atoms with Crippen LogP contribution in [0.4, 0.5) is 0 Å². The summed E-state index contributed by atoms with van der Waals surface area (Å²) in [6.07, 6.45) is 5.06. The van der Waals surface area contributed by atoms with Crippen molar-refractivity contribution in [3.05, 3.63) is 0 Å². The van der Waals surface area contributed by atoms with Gasteiger partial charge < -0.3 is 5.73 Å². The van der Waals surface area contributed by atoms with E-state index in [0.717, 1.165) is 19.3 Å². The van der Waals surface area contributed by atoms with Gasteiger partial charge in [-0.15, -0.1) is 0 Å². The van der Waals surface area contributed by atoms with E-state index in [1.165, 1.54) is 0 Å². The standard InChI is InChI=1S/C9H20N2O2S2/c1-7(6-10)15(12,13)11-8-3-4-9(5-8)14-2/h7-9,11H,3-6,10H2,1-2H3. The van der Waals surface area contributed by atoms with Crippen molar-refractivity contribution in [2.24, 2.45) is 5.73 Å². The Morgan fingerprint density at radius 2 is 2.20 bits per heavy atom. The summed E-state index contributed by atoms with van der Waals surface area (Å²) in [5, 5.41) is 0.108. The van der Waals surface area contributed by atoms with Crippen LogP contribution >= 0.6 is 11.8 Å². The molecule has 0 aromatic heterocycles. The van der Waals surface area contributed by atoms with Crippen LogP contribution in [0.3, 0.4) is 0 Å². The summed E-state index contributed by atoms with van der Waals surface area (Å²) in [5.74, 6) is 0. The van der Waals surface area contributed by atoms with Crippen molar-refractivity contribution in [1.29, 1.82) is 0 Å². The van der Waals surface area contributed by atoms with Gasteiger partial charge in [-0.3, -0.25) is 0 Å². The molecule has 0 aliphatic heterocycles. The van der Waals surface area contributed by atoms with E-state index in [-0.39, 0.29) is 12.6 Å². The number of hydrogen-bond donors (Lipinski definition) is 2. The molecule has 90 valence electrons. The van der Waals surface area contributed by atoms with Crippen molar-refractivity contribution in [2.75, 3.05) is 12.8 Å². The number of rotatable bonds is 5. The highest BCUT2D eigenvalue weighted by atomic mass is 32.2. The lowest BCUT2D eigenvalue weighted by atomic mass is 10.3. The summed E-state index contributed by atoms with van der Waals surface area (Å²) in [6, 6.07) is 0.112. The van der Waals surface area contributed by atoms with Gasteiger partial charge in [0.2, 0.25) is 10.0 Å². The van der Waals surface area contributed by atoms with Gasteiger partial charge in [0, 0.05) is 17.8 Å². The lowest BCUT2D eigenvalue weighted by molar-refractivity contribution is 0.542. The lowest BCUT2D eigenvalue weighted by Gasteiger charge is -2.16. The van der Waals surface area contributed by atoms with E-state index in [1.54, 1.807) is 6.92 Å². The van der Waals surface area contributed by atoms with Crippen molar-refractivity contribution in [2.45, 2.75) is 42.7 Å². The first-order valence-electron chi connectivity index (χ1n) is 5.23. The average Bonchev–Trinajstić information content (AvgIpc) is 2.63. The Labute approximate surface area is 96.4 Å². The number of thioether (sulfide) groups is 1. The monoisotopic (exact) mass is 252 g/mol. The van der Waals surface area contributed by atoms with Gasteiger partial charge in [0.15, 0.2) is 0 Å². The van der Waals surface area contributed by atoms with Crippen LogP contribution in [0, 0.1) is 0 Å². The highest BCUT2D eigenvalue weighted by Crippen LogP contribution is 2.28. The maximum Gasteiger partial charge on any atom is 0.215 e. The van der Waals surface area contributed by atoms with Crippen molar-refractivity contribution >= 4 is 21.8 Å². The van der Waals surface area contributed by atoms with Crippen LogP contribution in [0.5, 0.6) is 0 Å². The fourth-order valence-electron chi connectivity index (χ4n) is 1.74. The highest BCUT2D eigenvalue weighted by Gasteiger charge is 2.29. The summed E-state index contributed by atoms with van der Waals surface area (Å²) in [6.45, 7) is 1.82. The summed E-state index contributed by atoms with van der Waals surface area (Å²) < 4.78 is 26.2. The Bertz CT molecular complexity index is 292. The van der Waals surface area contributed by atoms with Crippen molar-refractivity contribution in [3.8, 4) is 0 Å². The lowest BCUT2D eigenvalue weighted by Crippen LogP contribution is -2.41. The van der Waals surface area contributed by atoms with Gasteiger partial charge in [-0.05, 0) is 32.4 Å². The zero-order valence-corrected chi connectivity index (χ0v) is 10.9. The Kier molecular flexibility index (Phi) is 4.89. The van der Waals surface area contributed by atoms with Gasteiger partial charge in [-0.25, -0.2) is 13.1 Å². The molecule has 0 saturated heterocycles. The normalized spacial score (nSPS) is 29.3. The molecule has 15 heavy (non-hydrogen) atoms. The zero-order chi connectivity index (χ0) is 11.5. The van der Waals surface area contributed by atoms with Crippen molar-refractivity contribution in [3.63, 3.8) is 0 Å². The zero-order valence-electron chi connectivity index (χ0n) is 9.27. The number of nitrogens with one attached hydrogen (secondary N) is 1. The molecule has 0 radical (unpaired) electrons. The van der Waals surface area contributed by atoms with Gasteiger partial charge >= 0.3 is 0 Å². The second-order valence-corrected chi connectivity index (χ2v) is 7.35. The van der Waals surface area contributed by atoms with Crippen LogP contribution in [-0.4, -0.2) is 37.8 Å². The molecule has 0 amide bonds. The largest absolute Gasteiger partial charge is 0.329 e. The molecule has 0 bridgehead atoms. The minimum absolute atomic E-state index is 0.112. The van der Waals surface area contributed by atoms with Gasteiger partial charge in [-0.1, -0.05) is 0 Å². The first kappa shape index (κ1) is 13.3. The van der Waals surface area contributed by atoms with Crippen molar-refractivity contribution in [1.82, 2.24) is 4.72 Å². The average molecular weight is 252 g/mol. The second-order valence-electron chi connectivity index (χ2n) is 4.08. The summed E-state index contributed by atoms with van der Waals surface area (Å²) in [7, 11) is -3.21. The maximum absolute atomic E-state index is 11.7. The van der Waals surface area contributed by atoms with Gasteiger partial charge in [-0.2, -0.15) is 11.8 Å². The third-order valence-corrected chi connectivity index (χ3v) is 5.92. The molecule has 0 aromatic rings. The molecule has 1 rings (SSSR count). The summed E-state index contributed by atoms with van der Waals surface area (Å²) in [4.78, 5) is 0. The number of sulfonamides is 1. The fraction of sp³-hybridized carbons (Fsp3) is 1.00. The number of nitrogens with two attached hydrogens (primary N) is 1. The van der Waals surface area contributed by atoms with Gasteiger partial charge in [0.1, 0.15) is 0 Å². The van der Waals surface area contributed by atoms with Crippen LogP contribution < -0.4 is 10.5 Å². The minimum atomic E-state index is -3.21. The molecule has 6 heteroatoms. The Morgan fingerprint density at radius 1 is 1.53 bits per heavy atom. The van der Waals surface area contributed by atoms with E-state index in [0.29, 0.717) is 5.25 Å². The van der Waals surface area contributed by atoms with E-state index in [9.17, 15) is 8.42 Å². The van der Waals surface area contributed by atoms with Crippen LogP contribution in [0.1, 0.15) is 26.2 Å². The van der Waals surface area contributed by atoms with Crippen LogP contribution in [0.15, 0.2) is 0 Å². The predicted octanol–water partition coefficient (Wildman–Crippen LogP) is 0.537. The molecule has 1 aliphatic carbocycles. The highest BCUT2D eigenvalue weighted by molar-refractivity contribution is 7.99. The molecule has 3 N–H and O–H groups in total. The van der Waals surface area contributed by atoms with E-state index >= 15 is 0 Å². The van der Waals surface area contributed by atoms with Crippen molar-refractivity contribution < 1.29 is 8.42 Å². The maximum atomic E-state index is 11.7. The number of hydrogen-bond acceptors (Lipinski definition) is 4. The van der Waals surface area contributed by atoms with E-state index in [2.05, 4.69) is 11.0 Å². The van der Waals surface area contributed by atoms with Crippen LogP contribution in [0.2, 0.25) is 0 Å². The van der Waals surface area contributed by atoms with E-state index < -0.39 is 15.3 Å². The van der Waals surface area contributed by atoms with E-state index in [4.69, 9.17) is 5.73 Å². The predicted molar refractivity (Wildman–Crippen MR) is 65.5 cm³/mol. The third kappa shape index (κ3) is 3.62. The van der Waals surface area contributed by atoms with Gasteiger partial charge in [0.05, 0.1) is 5.25 Å².